The van der Waals surface area contributed by atoms with Gasteiger partial charge in [-0.15, -0.1) is 0 Å². The highest BCUT2D eigenvalue weighted by Crippen LogP contribution is 2.27. The van der Waals surface area contributed by atoms with Gasteiger partial charge in [0.15, 0.2) is 0 Å². The lowest BCUT2D eigenvalue weighted by atomic mass is 9.84. The molecule has 0 bridgehead atoms. The molecule has 1 aliphatic carbocycles. The number of hydrogen-bond acceptors (Lipinski definition) is 6. The van der Waals surface area contributed by atoms with Crippen molar-refractivity contribution >= 4 is 18.0 Å². The Labute approximate surface area is 225 Å². The maximum atomic E-state index is 12.8. The Kier molecular flexibility index (Phi) is 10.6. The number of hydrogen-bond donors (Lipinski definition) is 2. The summed E-state index contributed by atoms with van der Waals surface area (Å²) in [7, 11) is 1.32. The van der Waals surface area contributed by atoms with Crippen molar-refractivity contribution in [1.29, 1.82) is 0 Å². The molecule has 206 valence electrons. The number of ether oxygens (including phenoxy) is 3. The van der Waals surface area contributed by atoms with E-state index in [2.05, 4.69) is 10.6 Å². The summed E-state index contributed by atoms with van der Waals surface area (Å²) in [6.07, 6.45) is 3.47. The molecule has 0 aliphatic heterocycles. The summed E-state index contributed by atoms with van der Waals surface area (Å²) in [5.74, 6) is 0.277. The monoisotopic (exact) mass is 524 g/mol. The van der Waals surface area contributed by atoms with E-state index < -0.39 is 23.7 Å². The first-order valence-electron chi connectivity index (χ1n) is 13.2. The van der Waals surface area contributed by atoms with E-state index in [4.69, 9.17) is 14.2 Å². The molecule has 2 aromatic rings. The molecule has 1 saturated carbocycles. The lowest BCUT2D eigenvalue weighted by Gasteiger charge is -2.30. The summed E-state index contributed by atoms with van der Waals surface area (Å²) < 4.78 is 16.1. The minimum absolute atomic E-state index is 0.0478. The molecule has 38 heavy (non-hydrogen) atoms. The van der Waals surface area contributed by atoms with Gasteiger partial charge < -0.3 is 24.8 Å². The third-order valence-corrected chi connectivity index (χ3v) is 6.47. The van der Waals surface area contributed by atoms with Crippen LogP contribution in [0.25, 0.3) is 0 Å². The molecule has 8 nitrogen and oxygen atoms in total. The smallest absolute Gasteiger partial charge is 0.407 e. The van der Waals surface area contributed by atoms with Crippen molar-refractivity contribution in [2.24, 2.45) is 5.92 Å². The molecule has 2 N–H and O–H groups in total. The molecule has 0 aromatic heterocycles. The van der Waals surface area contributed by atoms with Gasteiger partial charge >= 0.3 is 12.1 Å². The molecule has 8 heteroatoms. The van der Waals surface area contributed by atoms with Crippen LogP contribution in [0.5, 0.6) is 5.75 Å². The van der Waals surface area contributed by atoms with Crippen LogP contribution < -0.4 is 15.4 Å². The molecule has 0 radical (unpaired) electrons. The van der Waals surface area contributed by atoms with E-state index in [0.29, 0.717) is 19.4 Å². The van der Waals surface area contributed by atoms with Crippen LogP contribution >= 0.6 is 0 Å². The second-order valence-corrected chi connectivity index (χ2v) is 10.8. The average molecular weight is 525 g/mol. The summed E-state index contributed by atoms with van der Waals surface area (Å²) in [5, 5.41) is 5.78. The maximum absolute atomic E-state index is 12.8. The number of alkyl carbamates (subject to hydrolysis) is 1. The highest BCUT2D eigenvalue weighted by Gasteiger charge is 2.28. The van der Waals surface area contributed by atoms with Crippen molar-refractivity contribution in [2.75, 3.05) is 7.11 Å². The summed E-state index contributed by atoms with van der Waals surface area (Å²) in [6, 6.07) is 16.7. The molecule has 2 amide bonds. The van der Waals surface area contributed by atoms with Gasteiger partial charge in [0.05, 0.1) is 7.11 Å². The van der Waals surface area contributed by atoms with Gasteiger partial charge in [-0.05, 0) is 75.6 Å². The summed E-state index contributed by atoms with van der Waals surface area (Å²) in [6.45, 7) is 5.97. The minimum atomic E-state index is -0.770. The number of amides is 2. The topological polar surface area (TPSA) is 103 Å². The molecule has 0 heterocycles. The maximum Gasteiger partial charge on any atom is 0.407 e. The van der Waals surface area contributed by atoms with Crippen LogP contribution in [0, 0.1) is 5.92 Å². The lowest BCUT2D eigenvalue weighted by Crippen LogP contribution is -2.44. The van der Waals surface area contributed by atoms with E-state index in [9.17, 15) is 14.4 Å². The van der Waals surface area contributed by atoms with Crippen LogP contribution in [0.1, 0.15) is 64.0 Å². The van der Waals surface area contributed by atoms with Crippen LogP contribution in [0.4, 0.5) is 4.79 Å². The van der Waals surface area contributed by atoms with Crippen LogP contribution in [0.15, 0.2) is 54.6 Å². The van der Waals surface area contributed by atoms with Crippen LogP contribution in [0.2, 0.25) is 0 Å². The number of nitrogens with one attached hydrogen (secondary N) is 2. The average Bonchev–Trinajstić information content (AvgIpc) is 2.88. The van der Waals surface area contributed by atoms with Gasteiger partial charge in [-0.25, -0.2) is 9.59 Å². The molecule has 0 spiro atoms. The third-order valence-electron chi connectivity index (χ3n) is 6.47. The van der Waals surface area contributed by atoms with Gasteiger partial charge in [0, 0.05) is 18.9 Å². The Balaban J connectivity index is 1.45. The Morgan fingerprint density at radius 3 is 2.18 bits per heavy atom. The fraction of sp³-hybridized carbons (Fsp3) is 0.500. The Morgan fingerprint density at radius 2 is 1.58 bits per heavy atom. The summed E-state index contributed by atoms with van der Waals surface area (Å²) in [5.41, 5.74) is 1.44. The minimum Gasteiger partial charge on any atom is -0.489 e. The van der Waals surface area contributed by atoms with Gasteiger partial charge in [0.2, 0.25) is 5.91 Å². The first kappa shape index (κ1) is 29.0. The number of carbonyl (C=O) groups is 3. The number of carbonyl (C=O) groups excluding carboxylic acids is 3. The van der Waals surface area contributed by atoms with E-state index in [1.807, 2.05) is 75.4 Å². The first-order chi connectivity index (χ1) is 18.1. The zero-order valence-corrected chi connectivity index (χ0v) is 22.8. The second kappa shape index (κ2) is 13.8. The SMILES string of the molecule is COC(=O)[C@H](Cc1ccc(OCc2ccccc2)cc1)NC(=O)C[C@H]1CC[C@H](NC(=O)OC(C)(C)C)CC1. The summed E-state index contributed by atoms with van der Waals surface area (Å²) in [4.78, 5) is 37.2. The third kappa shape index (κ3) is 10.1. The van der Waals surface area contributed by atoms with Gasteiger partial charge in [-0.2, -0.15) is 0 Å². The van der Waals surface area contributed by atoms with Gasteiger partial charge in [0.25, 0.3) is 0 Å². The number of esters is 1. The van der Waals surface area contributed by atoms with Gasteiger partial charge in [-0.3, -0.25) is 4.79 Å². The molecule has 0 saturated heterocycles. The quantitative estimate of drug-likeness (QED) is 0.427. The molecule has 1 fully saturated rings. The molecule has 1 atom stereocenters. The Bertz CT molecular complexity index is 1040. The first-order valence-corrected chi connectivity index (χ1v) is 13.2. The van der Waals surface area contributed by atoms with Crippen LogP contribution in [-0.2, 0) is 32.1 Å². The normalized spacial score (nSPS) is 18.1. The van der Waals surface area contributed by atoms with E-state index in [1.165, 1.54) is 7.11 Å². The Hall–Kier alpha value is -3.55. The van der Waals surface area contributed by atoms with Crippen molar-refractivity contribution in [3.05, 3.63) is 65.7 Å². The van der Waals surface area contributed by atoms with Crippen molar-refractivity contribution in [3.8, 4) is 5.75 Å². The van der Waals surface area contributed by atoms with Gasteiger partial charge in [0.1, 0.15) is 24.0 Å². The van der Waals surface area contributed by atoms with Gasteiger partial charge in [-0.1, -0.05) is 42.5 Å². The number of benzene rings is 2. The van der Waals surface area contributed by atoms with Crippen molar-refractivity contribution < 1.29 is 28.6 Å². The highest BCUT2D eigenvalue weighted by molar-refractivity contribution is 5.84. The van der Waals surface area contributed by atoms with Crippen molar-refractivity contribution in [1.82, 2.24) is 10.6 Å². The van der Waals surface area contributed by atoms with E-state index in [-0.39, 0.29) is 17.9 Å². The van der Waals surface area contributed by atoms with E-state index in [1.54, 1.807) is 0 Å². The molecule has 1 aliphatic rings. The number of methoxy groups -OCH3 is 1. The predicted molar refractivity (Wildman–Crippen MR) is 145 cm³/mol. The standard InChI is InChI=1S/C30H40N2O6/c1-30(2,3)38-29(35)31-24-14-10-22(11-15-24)19-27(33)32-26(28(34)36-4)18-21-12-16-25(17-13-21)37-20-23-8-6-5-7-9-23/h5-9,12-13,16-17,22,24,26H,10-11,14-15,18-20H2,1-4H3,(H,31,35)(H,32,33)/t22-,24-,26-/m0/s1. The molecule has 3 rings (SSSR count). The van der Waals surface area contributed by atoms with Crippen molar-refractivity contribution in [3.63, 3.8) is 0 Å². The lowest BCUT2D eigenvalue weighted by molar-refractivity contribution is -0.145. The second-order valence-electron chi connectivity index (χ2n) is 10.8. The predicted octanol–water partition coefficient (Wildman–Crippen LogP) is 4.94. The summed E-state index contributed by atoms with van der Waals surface area (Å²) >= 11 is 0. The zero-order chi connectivity index (χ0) is 27.5. The highest BCUT2D eigenvalue weighted by atomic mass is 16.6. The number of rotatable bonds is 10. The van der Waals surface area contributed by atoms with Crippen LogP contribution in [0.3, 0.4) is 0 Å². The molecule has 0 unspecified atom stereocenters. The fourth-order valence-electron chi connectivity index (χ4n) is 4.53. The van der Waals surface area contributed by atoms with Crippen LogP contribution in [-0.4, -0.2) is 42.8 Å². The van der Waals surface area contributed by atoms with E-state index >= 15 is 0 Å². The largest absolute Gasteiger partial charge is 0.489 e. The van der Waals surface area contributed by atoms with Crippen molar-refractivity contribution in [2.45, 2.75) is 83.6 Å². The molecular formula is C30H40N2O6. The Morgan fingerprint density at radius 1 is 0.921 bits per heavy atom. The molecule has 2 aromatic carbocycles. The fourth-order valence-corrected chi connectivity index (χ4v) is 4.53. The molecular weight excluding hydrogens is 484 g/mol. The van der Waals surface area contributed by atoms with E-state index in [0.717, 1.165) is 42.6 Å². The zero-order valence-electron chi connectivity index (χ0n) is 22.8.